The van der Waals surface area contributed by atoms with Crippen molar-refractivity contribution in [3.8, 4) is 11.7 Å². The molecule has 0 aliphatic heterocycles. The molecule has 0 heterocycles. The Morgan fingerprint density at radius 1 is 0.950 bits per heavy atom. The molecule has 0 bridgehead atoms. The van der Waals surface area contributed by atoms with Crippen LogP contribution in [0.4, 0.5) is 0 Å². The third-order valence-electron chi connectivity index (χ3n) is 3.11. The first kappa shape index (κ1) is 15.1. The van der Waals surface area contributed by atoms with Crippen LogP contribution in [0.1, 0.15) is 6.92 Å². The molecule has 0 aliphatic carbocycles. The van der Waals surface area contributed by atoms with E-state index in [1.807, 2.05) is 24.1 Å². The Labute approximate surface area is 129 Å². The summed E-state index contributed by atoms with van der Waals surface area (Å²) in [7, 11) is 2.02. The van der Waals surface area contributed by atoms with E-state index in [0.29, 0.717) is 0 Å². The SMILES string of the molecule is CCN(C)C#CP(=[Se])(c1ccccc1)c1ccccc1. The third-order valence-corrected chi connectivity index (χ3v) is 8.81. The summed E-state index contributed by atoms with van der Waals surface area (Å²) in [5.74, 6) is 0. The molecule has 0 saturated heterocycles. The minimum atomic E-state index is -1.77. The van der Waals surface area contributed by atoms with Crippen molar-refractivity contribution in [2.45, 2.75) is 6.92 Å². The first-order chi connectivity index (χ1) is 9.66. The van der Waals surface area contributed by atoms with E-state index >= 15 is 0 Å². The van der Waals surface area contributed by atoms with Crippen LogP contribution in [-0.4, -0.2) is 33.6 Å². The summed E-state index contributed by atoms with van der Waals surface area (Å²) < 4.78 is 0. The number of hydrogen-bond acceptors (Lipinski definition) is 1. The first-order valence-corrected chi connectivity index (χ1v) is 10.6. The maximum absolute atomic E-state index is 3.51. The average Bonchev–Trinajstić information content (AvgIpc) is 2.54. The second-order valence-electron chi connectivity index (χ2n) is 4.52. The Hall–Kier alpha value is -1.25. The number of nitrogens with zero attached hydrogens (tertiary/aromatic N) is 1. The van der Waals surface area contributed by atoms with Crippen LogP contribution in [0.2, 0.25) is 0 Å². The van der Waals surface area contributed by atoms with E-state index in [1.165, 1.54) is 10.6 Å². The van der Waals surface area contributed by atoms with Crippen molar-refractivity contribution in [1.82, 2.24) is 4.90 Å². The summed E-state index contributed by atoms with van der Waals surface area (Å²) >= 11 is 3.41. The Morgan fingerprint density at radius 2 is 1.40 bits per heavy atom. The van der Waals surface area contributed by atoms with Crippen molar-refractivity contribution < 1.29 is 0 Å². The van der Waals surface area contributed by atoms with E-state index in [9.17, 15) is 0 Å². The summed E-state index contributed by atoms with van der Waals surface area (Å²) in [4.78, 5) is 2.03. The molecule has 2 aromatic rings. The number of hydrogen-bond donors (Lipinski definition) is 0. The van der Waals surface area contributed by atoms with Gasteiger partial charge in [0.05, 0.1) is 0 Å². The molecule has 0 radical (unpaired) electrons. The summed E-state index contributed by atoms with van der Waals surface area (Å²) in [6.45, 7) is 3.04. The second kappa shape index (κ2) is 6.96. The van der Waals surface area contributed by atoms with Gasteiger partial charge in [0.1, 0.15) is 0 Å². The Kier molecular flexibility index (Phi) is 5.27. The van der Waals surface area contributed by atoms with Gasteiger partial charge in [-0.2, -0.15) is 0 Å². The van der Waals surface area contributed by atoms with Crippen molar-refractivity contribution >= 4 is 31.2 Å². The zero-order valence-electron chi connectivity index (χ0n) is 11.8. The van der Waals surface area contributed by atoms with Crippen molar-refractivity contribution in [2.75, 3.05) is 13.6 Å². The van der Waals surface area contributed by atoms with Gasteiger partial charge >= 0.3 is 129 Å². The van der Waals surface area contributed by atoms with Crippen LogP contribution in [0.15, 0.2) is 60.7 Å². The van der Waals surface area contributed by atoms with Crippen LogP contribution in [0.5, 0.6) is 0 Å². The molecule has 0 unspecified atom stereocenters. The Morgan fingerprint density at radius 3 is 1.80 bits per heavy atom. The van der Waals surface area contributed by atoms with E-state index in [1.54, 1.807) is 0 Å². The van der Waals surface area contributed by atoms with Crippen LogP contribution in [0.3, 0.4) is 0 Å². The van der Waals surface area contributed by atoms with Gasteiger partial charge in [-0.25, -0.2) is 0 Å². The maximum atomic E-state index is 3.51. The fourth-order valence-corrected chi connectivity index (χ4v) is 5.63. The zero-order valence-corrected chi connectivity index (χ0v) is 14.4. The molecule has 20 heavy (non-hydrogen) atoms. The van der Waals surface area contributed by atoms with E-state index in [2.05, 4.69) is 82.3 Å². The van der Waals surface area contributed by atoms with Crippen LogP contribution in [-0.2, 0) is 0 Å². The van der Waals surface area contributed by atoms with Gasteiger partial charge in [-0.05, 0) is 0 Å². The van der Waals surface area contributed by atoms with Crippen LogP contribution < -0.4 is 10.6 Å². The van der Waals surface area contributed by atoms with Crippen molar-refractivity contribution in [1.29, 1.82) is 0 Å². The number of benzene rings is 2. The quantitative estimate of drug-likeness (QED) is 0.357. The van der Waals surface area contributed by atoms with Crippen LogP contribution in [0, 0.1) is 11.7 Å². The van der Waals surface area contributed by atoms with Gasteiger partial charge in [0.25, 0.3) is 0 Å². The molecule has 0 aliphatic rings. The van der Waals surface area contributed by atoms with E-state index in [0.717, 1.165) is 6.54 Å². The molecular formula is C17H18NPSe. The third kappa shape index (κ3) is 3.44. The summed E-state index contributed by atoms with van der Waals surface area (Å²) in [6, 6.07) is 24.3. The summed E-state index contributed by atoms with van der Waals surface area (Å²) in [5.41, 5.74) is 1.74. The normalized spacial score (nSPS) is 10.5. The molecule has 2 rings (SSSR count). The van der Waals surface area contributed by atoms with E-state index in [-0.39, 0.29) is 0 Å². The molecule has 0 spiro atoms. The van der Waals surface area contributed by atoms with Gasteiger partial charge in [0.2, 0.25) is 0 Å². The fraction of sp³-hybridized carbons (Fsp3) is 0.176. The van der Waals surface area contributed by atoms with E-state index < -0.39 is 5.51 Å². The molecule has 1 nitrogen and oxygen atoms in total. The molecule has 0 atom stereocenters. The number of rotatable bonds is 3. The molecule has 0 amide bonds. The van der Waals surface area contributed by atoms with Crippen LogP contribution in [0.25, 0.3) is 0 Å². The summed E-state index contributed by atoms with van der Waals surface area (Å²) in [6.07, 6.45) is 0. The Balaban J connectivity index is 2.55. The molecular weight excluding hydrogens is 328 g/mol. The van der Waals surface area contributed by atoms with Gasteiger partial charge in [0, 0.05) is 0 Å². The second-order valence-corrected chi connectivity index (χ2v) is 10.4. The van der Waals surface area contributed by atoms with Gasteiger partial charge in [-0.3, -0.25) is 0 Å². The molecule has 3 heteroatoms. The molecule has 2 aromatic carbocycles. The molecule has 0 saturated carbocycles. The zero-order chi connectivity index (χ0) is 14.4. The molecule has 0 aromatic heterocycles. The standard InChI is InChI=1S/C17H18NPSe/c1-3-18(2)14-15-19(20,16-10-6-4-7-11-16)17-12-8-5-9-13-17/h4-13H,3H2,1-2H3. The van der Waals surface area contributed by atoms with Crippen LogP contribution >= 0.6 is 5.51 Å². The van der Waals surface area contributed by atoms with Crippen molar-refractivity contribution in [3.05, 3.63) is 60.7 Å². The van der Waals surface area contributed by atoms with Gasteiger partial charge < -0.3 is 0 Å². The monoisotopic (exact) mass is 347 g/mol. The van der Waals surface area contributed by atoms with Gasteiger partial charge in [-0.15, -0.1) is 0 Å². The first-order valence-electron chi connectivity index (χ1n) is 6.62. The average molecular weight is 346 g/mol. The molecule has 102 valence electrons. The summed E-state index contributed by atoms with van der Waals surface area (Å²) in [5, 5.41) is 2.56. The predicted molar refractivity (Wildman–Crippen MR) is 90.9 cm³/mol. The fourth-order valence-electron chi connectivity index (χ4n) is 1.79. The van der Waals surface area contributed by atoms with Crippen molar-refractivity contribution in [3.63, 3.8) is 0 Å². The van der Waals surface area contributed by atoms with E-state index in [4.69, 9.17) is 0 Å². The van der Waals surface area contributed by atoms with Gasteiger partial charge in [0.15, 0.2) is 0 Å². The van der Waals surface area contributed by atoms with Crippen molar-refractivity contribution in [2.24, 2.45) is 0 Å². The topological polar surface area (TPSA) is 3.24 Å². The molecule has 0 N–H and O–H groups in total. The molecule has 0 fully saturated rings. The Bertz CT molecular complexity index is 612. The van der Waals surface area contributed by atoms with Gasteiger partial charge in [-0.1, -0.05) is 0 Å². The predicted octanol–water partition coefficient (Wildman–Crippen LogP) is 2.61. The minimum absolute atomic E-state index is 0.927.